The van der Waals surface area contributed by atoms with Crippen LogP contribution in [0.4, 0.5) is 4.39 Å². The van der Waals surface area contributed by atoms with Crippen LogP contribution >= 0.6 is 11.6 Å². The molecule has 4 aromatic rings. The number of aliphatic carboxylic acids is 1. The van der Waals surface area contributed by atoms with E-state index in [2.05, 4.69) is 15.0 Å². The number of hydrogen-bond donors (Lipinski definition) is 1. The van der Waals surface area contributed by atoms with Gasteiger partial charge in [-0.3, -0.25) is 9.78 Å². The van der Waals surface area contributed by atoms with Gasteiger partial charge < -0.3 is 14.2 Å². The summed E-state index contributed by atoms with van der Waals surface area (Å²) in [5.41, 5.74) is 3.32. The summed E-state index contributed by atoms with van der Waals surface area (Å²) >= 11 is 5.85. The summed E-state index contributed by atoms with van der Waals surface area (Å²) in [5.74, 6) is -0.752. The van der Waals surface area contributed by atoms with E-state index in [1.165, 1.54) is 12.1 Å². The van der Waals surface area contributed by atoms with Crippen LogP contribution in [0.1, 0.15) is 11.4 Å². The van der Waals surface area contributed by atoms with Crippen LogP contribution in [-0.4, -0.2) is 35.2 Å². The third-order valence-electron chi connectivity index (χ3n) is 4.37. The molecule has 0 radical (unpaired) electrons. The maximum atomic E-state index is 13.7. The van der Waals surface area contributed by atoms with Crippen molar-refractivity contribution in [3.05, 3.63) is 65.2 Å². The normalized spacial score (nSPS) is 11.2. The van der Waals surface area contributed by atoms with Gasteiger partial charge in [0.2, 0.25) is 0 Å². The first-order chi connectivity index (χ1) is 13.4. The maximum absolute atomic E-state index is 13.7. The first-order valence-electron chi connectivity index (χ1n) is 8.40. The van der Waals surface area contributed by atoms with Crippen molar-refractivity contribution in [3.63, 3.8) is 0 Å². The highest BCUT2D eigenvalue weighted by Gasteiger charge is 2.13. The van der Waals surface area contributed by atoms with Gasteiger partial charge in [0.1, 0.15) is 11.6 Å². The highest BCUT2D eigenvalue weighted by atomic mass is 35.5. The fourth-order valence-electron chi connectivity index (χ4n) is 3.02. The van der Waals surface area contributed by atoms with E-state index < -0.39 is 11.8 Å². The first-order valence-corrected chi connectivity index (χ1v) is 8.77. The summed E-state index contributed by atoms with van der Waals surface area (Å²) in [4.78, 5) is 23.8. The quantitative estimate of drug-likeness (QED) is 0.556. The molecule has 0 fully saturated rings. The number of pyridine rings is 1. The van der Waals surface area contributed by atoms with Crippen LogP contribution in [0.3, 0.4) is 0 Å². The van der Waals surface area contributed by atoms with Crippen molar-refractivity contribution in [1.29, 1.82) is 0 Å². The van der Waals surface area contributed by atoms with Crippen LogP contribution in [0.15, 0.2) is 43.0 Å². The Balaban J connectivity index is 1.58. The molecule has 7 nitrogen and oxygen atoms in total. The summed E-state index contributed by atoms with van der Waals surface area (Å²) in [6, 6.07) is 6.62. The fourth-order valence-corrected chi connectivity index (χ4v) is 3.18. The Kier molecular flexibility index (Phi) is 4.56. The SMILES string of the molecule is Cn1c(-c2ccc(Cn3cnc(CC(=O)O)c3)nc2)nc2cc(Cl)c(F)cc21. The molecule has 28 heavy (non-hydrogen) atoms. The molecule has 1 N–H and O–H groups in total. The van der Waals surface area contributed by atoms with E-state index >= 15 is 0 Å². The highest BCUT2D eigenvalue weighted by Crippen LogP contribution is 2.27. The van der Waals surface area contributed by atoms with E-state index in [1.54, 1.807) is 34.9 Å². The van der Waals surface area contributed by atoms with Gasteiger partial charge in [0.25, 0.3) is 0 Å². The lowest BCUT2D eigenvalue weighted by Crippen LogP contribution is -2.01. The van der Waals surface area contributed by atoms with Crippen molar-refractivity contribution < 1.29 is 14.3 Å². The second-order valence-corrected chi connectivity index (χ2v) is 6.80. The van der Waals surface area contributed by atoms with E-state index in [4.69, 9.17) is 16.7 Å². The monoisotopic (exact) mass is 399 g/mol. The lowest BCUT2D eigenvalue weighted by Gasteiger charge is -2.05. The lowest BCUT2D eigenvalue weighted by atomic mass is 10.2. The van der Waals surface area contributed by atoms with Crippen molar-refractivity contribution >= 4 is 28.6 Å². The van der Waals surface area contributed by atoms with E-state index in [0.717, 1.165) is 11.3 Å². The first kappa shape index (κ1) is 18.1. The minimum atomic E-state index is -0.920. The van der Waals surface area contributed by atoms with Gasteiger partial charge in [0, 0.05) is 31.1 Å². The molecule has 0 unspecified atom stereocenters. The third kappa shape index (κ3) is 3.46. The smallest absolute Gasteiger partial charge is 0.309 e. The predicted molar refractivity (Wildman–Crippen MR) is 102 cm³/mol. The Morgan fingerprint density at radius 2 is 2.07 bits per heavy atom. The molecular formula is C19H15ClFN5O2. The van der Waals surface area contributed by atoms with Gasteiger partial charge in [0.05, 0.1) is 46.7 Å². The van der Waals surface area contributed by atoms with Crippen LogP contribution in [-0.2, 0) is 24.8 Å². The summed E-state index contributed by atoms with van der Waals surface area (Å²) < 4.78 is 17.3. The van der Waals surface area contributed by atoms with Gasteiger partial charge in [-0.2, -0.15) is 0 Å². The van der Waals surface area contributed by atoms with E-state index in [0.29, 0.717) is 29.1 Å². The molecule has 142 valence electrons. The van der Waals surface area contributed by atoms with Gasteiger partial charge in [-0.05, 0) is 18.2 Å². The number of carbonyl (C=O) groups is 1. The number of nitrogens with zero attached hydrogens (tertiary/aromatic N) is 5. The van der Waals surface area contributed by atoms with Crippen LogP contribution in [0.5, 0.6) is 0 Å². The molecule has 0 atom stereocenters. The molecular weight excluding hydrogens is 385 g/mol. The molecule has 3 aromatic heterocycles. The van der Waals surface area contributed by atoms with Crippen LogP contribution in [0.2, 0.25) is 5.02 Å². The van der Waals surface area contributed by atoms with E-state index in [9.17, 15) is 9.18 Å². The standard InChI is InChI=1S/C19H15ClFN5O2/c1-25-17-6-15(21)14(20)5-16(17)24-19(25)11-2-3-12(22-7-11)8-26-9-13(23-10-26)4-18(27)28/h2-3,5-7,9-10H,4,8H2,1H3,(H,27,28). The number of aromatic nitrogens is 5. The predicted octanol–water partition coefficient (Wildman–Crippen LogP) is 3.30. The lowest BCUT2D eigenvalue weighted by molar-refractivity contribution is -0.136. The average Bonchev–Trinajstić information content (AvgIpc) is 3.21. The van der Waals surface area contributed by atoms with Crippen molar-refractivity contribution in [1.82, 2.24) is 24.1 Å². The van der Waals surface area contributed by atoms with Gasteiger partial charge in [-0.1, -0.05) is 11.6 Å². The molecule has 0 spiro atoms. The number of fused-ring (bicyclic) bond motifs is 1. The van der Waals surface area contributed by atoms with Crippen molar-refractivity contribution in [2.45, 2.75) is 13.0 Å². The Bertz CT molecular complexity index is 1180. The van der Waals surface area contributed by atoms with Gasteiger partial charge in [0.15, 0.2) is 0 Å². The maximum Gasteiger partial charge on any atom is 0.309 e. The summed E-state index contributed by atoms with van der Waals surface area (Å²) in [5, 5.41) is 8.85. The molecule has 0 saturated heterocycles. The van der Waals surface area contributed by atoms with Gasteiger partial charge in [-0.25, -0.2) is 14.4 Å². The molecule has 9 heteroatoms. The largest absolute Gasteiger partial charge is 0.481 e. The molecule has 4 rings (SSSR count). The average molecular weight is 400 g/mol. The number of aryl methyl sites for hydroxylation is 1. The minimum Gasteiger partial charge on any atom is -0.481 e. The molecule has 0 aliphatic carbocycles. The summed E-state index contributed by atoms with van der Waals surface area (Å²) in [6.07, 6.45) is 4.85. The molecule has 0 aliphatic heterocycles. The second kappa shape index (κ2) is 7.05. The number of hydrogen-bond acceptors (Lipinski definition) is 4. The number of rotatable bonds is 5. The van der Waals surface area contributed by atoms with Gasteiger partial charge >= 0.3 is 5.97 Å². The Morgan fingerprint density at radius 3 is 2.79 bits per heavy atom. The number of carboxylic acid groups (broad SMARTS) is 1. The zero-order valence-corrected chi connectivity index (χ0v) is 15.6. The zero-order chi connectivity index (χ0) is 19.8. The van der Waals surface area contributed by atoms with Gasteiger partial charge in [-0.15, -0.1) is 0 Å². The highest BCUT2D eigenvalue weighted by molar-refractivity contribution is 6.31. The number of halogens is 2. The fraction of sp³-hybridized carbons (Fsp3) is 0.158. The summed E-state index contributed by atoms with van der Waals surface area (Å²) in [7, 11) is 1.81. The zero-order valence-electron chi connectivity index (χ0n) is 14.8. The van der Waals surface area contributed by atoms with Crippen molar-refractivity contribution in [2.75, 3.05) is 0 Å². The molecule has 0 aliphatic rings. The molecule has 1 aromatic carbocycles. The number of imidazole rings is 2. The number of carboxylic acids is 1. The van der Waals surface area contributed by atoms with Crippen molar-refractivity contribution in [2.24, 2.45) is 7.05 Å². The van der Waals surface area contributed by atoms with Crippen LogP contribution in [0.25, 0.3) is 22.4 Å². The topological polar surface area (TPSA) is 85.8 Å². The molecule has 0 amide bonds. The van der Waals surface area contributed by atoms with E-state index in [1.807, 2.05) is 12.1 Å². The van der Waals surface area contributed by atoms with Crippen molar-refractivity contribution in [3.8, 4) is 11.4 Å². The van der Waals surface area contributed by atoms with Crippen LogP contribution < -0.4 is 0 Å². The Hall–Kier alpha value is -3.26. The molecule has 0 saturated carbocycles. The molecule has 0 bridgehead atoms. The summed E-state index contributed by atoms with van der Waals surface area (Å²) in [6.45, 7) is 0.469. The second-order valence-electron chi connectivity index (χ2n) is 6.40. The van der Waals surface area contributed by atoms with Crippen LogP contribution in [0, 0.1) is 5.82 Å². The molecule has 3 heterocycles. The minimum absolute atomic E-state index is 0.0354. The van der Waals surface area contributed by atoms with E-state index in [-0.39, 0.29) is 11.4 Å². The third-order valence-corrected chi connectivity index (χ3v) is 4.66. The Morgan fingerprint density at radius 1 is 1.25 bits per heavy atom. The number of benzene rings is 1. The Labute approximate surface area is 164 Å².